The van der Waals surface area contributed by atoms with E-state index in [9.17, 15) is 14.0 Å². The Morgan fingerprint density at radius 1 is 1.44 bits per heavy atom. The first kappa shape index (κ1) is 14.5. The molecule has 3 N–H and O–H groups in total. The lowest BCUT2D eigenvalue weighted by atomic mass is 9.95. The minimum atomic E-state index is -0.876. The van der Waals surface area contributed by atoms with Crippen molar-refractivity contribution in [3.8, 4) is 0 Å². The number of nitrogens with two attached hydrogens (primary N) is 1. The lowest BCUT2D eigenvalue weighted by molar-refractivity contribution is 0.190. The minimum Gasteiger partial charge on any atom is -0.351 e. The largest absolute Gasteiger partial charge is 0.351 e. The van der Waals surface area contributed by atoms with Gasteiger partial charge in [0, 0.05) is 13.1 Å². The summed E-state index contributed by atoms with van der Waals surface area (Å²) in [5.74, 6) is 0.123. The number of halogens is 1. The van der Waals surface area contributed by atoms with Crippen LogP contribution in [-0.4, -0.2) is 36.2 Å². The van der Waals surface area contributed by atoms with Crippen molar-refractivity contribution < 1.29 is 14.0 Å². The van der Waals surface area contributed by atoms with E-state index in [4.69, 9.17) is 5.73 Å². The molecule has 0 aromatic carbocycles. The third-order valence-electron chi connectivity index (χ3n) is 2.88. The van der Waals surface area contributed by atoms with Crippen LogP contribution in [-0.2, 0) is 0 Å². The van der Waals surface area contributed by atoms with Crippen molar-refractivity contribution in [2.24, 2.45) is 11.7 Å². The number of hydrogen-bond donors (Lipinski definition) is 2. The van der Waals surface area contributed by atoms with E-state index in [0.717, 1.165) is 4.90 Å². The summed E-state index contributed by atoms with van der Waals surface area (Å²) < 4.78 is 12.8. The van der Waals surface area contributed by atoms with Crippen molar-refractivity contribution in [1.29, 1.82) is 0 Å². The Morgan fingerprint density at radius 2 is 2.17 bits per heavy atom. The number of urea groups is 2. The van der Waals surface area contributed by atoms with Crippen LogP contribution in [0, 0.1) is 5.92 Å². The Bertz CT molecular complexity index is 333. The standard InChI is InChI=1S/C12H20FN3O2/c1-2-7-16(11(14)17)12(18)15-8-9-3-5-10(13)6-4-9/h3,5,9-10H,2,4,6-8H2,1H3,(H2,14,17)(H,15,18). The minimum absolute atomic E-state index is 0.123. The fourth-order valence-corrected chi connectivity index (χ4v) is 1.86. The number of primary amides is 1. The number of nitrogens with one attached hydrogen (secondary N) is 1. The van der Waals surface area contributed by atoms with E-state index < -0.39 is 18.2 Å². The third-order valence-corrected chi connectivity index (χ3v) is 2.88. The molecule has 2 unspecified atom stereocenters. The van der Waals surface area contributed by atoms with E-state index in [1.165, 1.54) is 6.08 Å². The van der Waals surface area contributed by atoms with E-state index >= 15 is 0 Å². The molecule has 1 aliphatic rings. The van der Waals surface area contributed by atoms with Crippen LogP contribution in [0.2, 0.25) is 0 Å². The summed E-state index contributed by atoms with van der Waals surface area (Å²) in [7, 11) is 0. The number of allylic oxidation sites excluding steroid dienone is 1. The first-order valence-electron chi connectivity index (χ1n) is 6.21. The smallest absolute Gasteiger partial charge is 0.325 e. The zero-order chi connectivity index (χ0) is 13.5. The Morgan fingerprint density at radius 3 is 2.67 bits per heavy atom. The number of carbonyl (C=O) groups excluding carboxylic acids is 2. The van der Waals surface area contributed by atoms with Gasteiger partial charge in [-0.05, 0) is 25.2 Å². The molecule has 102 valence electrons. The molecule has 0 bridgehead atoms. The highest BCUT2D eigenvalue weighted by molar-refractivity contribution is 5.92. The zero-order valence-corrected chi connectivity index (χ0v) is 10.6. The molecule has 1 aliphatic carbocycles. The Balaban J connectivity index is 2.40. The maximum absolute atomic E-state index is 12.8. The molecule has 0 radical (unpaired) electrons. The number of nitrogens with zero attached hydrogens (tertiary/aromatic N) is 1. The van der Waals surface area contributed by atoms with Gasteiger partial charge < -0.3 is 11.1 Å². The number of rotatable bonds is 4. The summed E-state index contributed by atoms with van der Waals surface area (Å²) in [6.45, 7) is 2.55. The van der Waals surface area contributed by atoms with Gasteiger partial charge in [0.15, 0.2) is 0 Å². The van der Waals surface area contributed by atoms with Gasteiger partial charge in [-0.1, -0.05) is 19.1 Å². The molecular weight excluding hydrogens is 237 g/mol. The Kier molecular flexibility index (Phi) is 5.61. The molecule has 0 aromatic heterocycles. The van der Waals surface area contributed by atoms with Gasteiger partial charge in [-0.3, -0.25) is 0 Å². The molecule has 0 heterocycles. The van der Waals surface area contributed by atoms with Gasteiger partial charge in [0.25, 0.3) is 0 Å². The van der Waals surface area contributed by atoms with Crippen LogP contribution in [0.25, 0.3) is 0 Å². The van der Waals surface area contributed by atoms with Crippen molar-refractivity contribution in [2.45, 2.75) is 32.4 Å². The third kappa shape index (κ3) is 4.35. The second-order valence-corrected chi connectivity index (χ2v) is 4.41. The average molecular weight is 257 g/mol. The monoisotopic (exact) mass is 257 g/mol. The van der Waals surface area contributed by atoms with E-state index in [1.807, 2.05) is 6.92 Å². The van der Waals surface area contributed by atoms with Crippen molar-refractivity contribution >= 4 is 12.1 Å². The van der Waals surface area contributed by atoms with Crippen molar-refractivity contribution in [3.63, 3.8) is 0 Å². The molecule has 0 aliphatic heterocycles. The molecule has 2 atom stereocenters. The van der Waals surface area contributed by atoms with Crippen LogP contribution < -0.4 is 11.1 Å². The van der Waals surface area contributed by atoms with Gasteiger partial charge in [0.1, 0.15) is 6.17 Å². The Labute approximate surface area is 106 Å². The maximum atomic E-state index is 12.8. The molecule has 0 aromatic rings. The quantitative estimate of drug-likeness (QED) is 0.753. The summed E-state index contributed by atoms with van der Waals surface area (Å²) in [6.07, 6.45) is 4.23. The second-order valence-electron chi connectivity index (χ2n) is 4.41. The van der Waals surface area contributed by atoms with Gasteiger partial charge in [0.2, 0.25) is 0 Å². The maximum Gasteiger partial charge on any atom is 0.325 e. The van der Waals surface area contributed by atoms with Crippen LogP contribution in [0.3, 0.4) is 0 Å². The number of hydrogen-bond acceptors (Lipinski definition) is 2. The normalized spacial score (nSPS) is 22.6. The number of imide groups is 1. The van der Waals surface area contributed by atoms with Crippen LogP contribution >= 0.6 is 0 Å². The summed E-state index contributed by atoms with van der Waals surface area (Å²) >= 11 is 0. The van der Waals surface area contributed by atoms with Crippen LogP contribution in [0.15, 0.2) is 12.2 Å². The first-order valence-corrected chi connectivity index (χ1v) is 6.21. The molecule has 5 nitrogen and oxygen atoms in total. The van der Waals surface area contributed by atoms with Gasteiger partial charge in [-0.25, -0.2) is 18.9 Å². The summed E-state index contributed by atoms with van der Waals surface area (Å²) in [5.41, 5.74) is 5.11. The predicted molar refractivity (Wildman–Crippen MR) is 66.7 cm³/mol. The van der Waals surface area contributed by atoms with E-state index in [1.54, 1.807) is 6.08 Å². The average Bonchev–Trinajstić information content (AvgIpc) is 2.34. The molecule has 1 rings (SSSR count). The van der Waals surface area contributed by atoms with Crippen molar-refractivity contribution in [3.05, 3.63) is 12.2 Å². The highest BCUT2D eigenvalue weighted by Gasteiger charge is 2.20. The fraction of sp³-hybridized carbons (Fsp3) is 0.667. The van der Waals surface area contributed by atoms with Crippen LogP contribution in [0.5, 0.6) is 0 Å². The fourth-order valence-electron chi connectivity index (χ4n) is 1.86. The van der Waals surface area contributed by atoms with Gasteiger partial charge >= 0.3 is 12.1 Å². The number of alkyl halides is 1. The molecule has 0 saturated heterocycles. The SMILES string of the molecule is CCCN(C(N)=O)C(=O)NCC1C=CC(F)CC1. The highest BCUT2D eigenvalue weighted by Crippen LogP contribution is 2.18. The number of carbonyl (C=O) groups is 2. The van der Waals surface area contributed by atoms with Crippen LogP contribution in [0.4, 0.5) is 14.0 Å². The van der Waals surface area contributed by atoms with Gasteiger partial charge in [-0.15, -0.1) is 0 Å². The lowest BCUT2D eigenvalue weighted by Crippen LogP contribution is -2.47. The molecule has 0 fully saturated rings. The second kappa shape index (κ2) is 6.98. The first-order chi connectivity index (χ1) is 8.54. The van der Waals surface area contributed by atoms with Gasteiger partial charge in [-0.2, -0.15) is 0 Å². The molecule has 0 saturated carbocycles. The summed E-state index contributed by atoms with van der Waals surface area (Å²) in [4.78, 5) is 23.7. The topological polar surface area (TPSA) is 75.4 Å². The van der Waals surface area contributed by atoms with Crippen molar-refractivity contribution in [1.82, 2.24) is 10.2 Å². The molecule has 18 heavy (non-hydrogen) atoms. The summed E-state index contributed by atoms with van der Waals surface area (Å²) in [5, 5.41) is 2.65. The molecule has 6 heteroatoms. The molecule has 0 spiro atoms. The lowest BCUT2D eigenvalue weighted by Gasteiger charge is -2.22. The number of amides is 4. The highest BCUT2D eigenvalue weighted by atomic mass is 19.1. The summed E-state index contributed by atoms with van der Waals surface area (Å²) in [6, 6.07) is -1.24. The van der Waals surface area contributed by atoms with Crippen LogP contribution in [0.1, 0.15) is 26.2 Å². The van der Waals surface area contributed by atoms with E-state index in [2.05, 4.69) is 5.32 Å². The Hall–Kier alpha value is -1.59. The molecular formula is C12H20FN3O2. The zero-order valence-electron chi connectivity index (χ0n) is 10.6. The predicted octanol–water partition coefficient (Wildman–Crippen LogP) is 1.79. The van der Waals surface area contributed by atoms with Crippen molar-refractivity contribution in [2.75, 3.05) is 13.1 Å². The van der Waals surface area contributed by atoms with E-state index in [0.29, 0.717) is 32.4 Å². The molecule has 4 amide bonds. The van der Waals surface area contributed by atoms with E-state index in [-0.39, 0.29) is 5.92 Å². The van der Waals surface area contributed by atoms with Gasteiger partial charge in [0.05, 0.1) is 0 Å².